The van der Waals surface area contributed by atoms with Crippen molar-refractivity contribution in [1.82, 2.24) is 0 Å². The molecule has 0 aromatic heterocycles. The maximum absolute atomic E-state index is 2.43. The number of benzene rings is 8. The molecule has 4 heteroatoms. The second kappa shape index (κ2) is 11.8. The van der Waals surface area contributed by atoms with E-state index in [-0.39, 0.29) is 0 Å². The van der Waals surface area contributed by atoms with Gasteiger partial charge in [0.05, 0.1) is 11.4 Å². The first-order valence-electron chi connectivity index (χ1n) is 18.2. The lowest BCUT2D eigenvalue weighted by atomic mass is 9.91. The minimum Gasteiger partial charge on any atom is -0.310 e. The topological polar surface area (TPSA) is 6.48 Å². The van der Waals surface area contributed by atoms with Crippen molar-refractivity contribution in [3.05, 3.63) is 158 Å². The summed E-state index contributed by atoms with van der Waals surface area (Å²) in [5.41, 5.74) is 6.98. The normalized spacial score (nSPS) is 13.8. The SMILES string of the molecule is C[SH](C)(C)(C)c1ccc(N(c2ccccc2)c2ccc3ccc4c(N(c5ccccc5)c5ccc([SH](C)(C)(C)C)cc5)ccc5ccc2c3c54)cc1. The molecule has 0 bridgehead atoms. The Balaban J connectivity index is 1.35. The third-order valence-corrected chi connectivity index (χ3v) is 15.1. The van der Waals surface area contributed by atoms with Crippen LogP contribution in [0.2, 0.25) is 0 Å². The molecule has 52 heavy (non-hydrogen) atoms. The molecule has 266 valence electrons. The highest BCUT2D eigenvalue weighted by Gasteiger charge is 2.25. The highest BCUT2D eigenvalue weighted by Crippen LogP contribution is 2.64. The Hall–Kier alpha value is -4.90. The van der Waals surface area contributed by atoms with E-state index < -0.39 is 18.3 Å². The Bertz CT molecular complexity index is 2360. The molecule has 2 nitrogen and oxygen atoms in total. The van der Waals surface area contributed by atoms with E-state index in [4.69, 9.17) is 0 Å². The Morgan fingerprint density at radius 2 is 0.615 bits per heavy atom. The average Bonchev–Trinajstić information content (AvgIpc) is 3.12. The Kier molecular flexibility index (Phi) is 7.77. The number of hydrogen-bond donors (Lipinski definition) is 2. The zero-order valence-electron chi connectivity index (χ0n) is 31.8. The van der Waals surface area contributed by atoms with Gasteiger partial charge in [0.25, 0.3) is 0 Å². The average molecular weight is 721 g/mol. The lowest BCUT2D eigenvalue weighted by Crippen LogP contribution is -2.13. The summed E-state index contributed by atoms with van der Waals surface area (Å²) in [5, 5.41) is 7.60. The summed E-state index contributed by atoms with van der Waals surface area (Å²) in [7, 11) is -3.83. The van der Waals surface area contributed by atoms with Gasteiger partial charge in [0.15, 0.2) is 0 Å². The van der Waals surface area contributed by atoms with Gasteiger partial charge in [-0.15, -0.1) is 0 Å². The van der Waals surface area contributed by atoms with Crippen LogP contribution in [0.15, 0.2) is 168 Å². The molecule has 0 fully saturated rings. The molecule has 0 aliphatic heterocycles. The quantitative estimate of drug-likeness (QED) is 0.119. The number of anilines is 6. The van der Waals surface area contributed by atoms with Gasteiger partial charge < -0.3 is 9.80 Å². The van der Waals surface area contributed by atoms with E-state index in [1.54, 1.807) is 0 Å². The molecule has 0 radical (unpaired) electrons. The summed E-state index contributed by atoms with van der Waals surface area (Å²) < 4.78 is 0. The van der Waals surface area contributed by atoms with Crippen LogP contribution in [0.5, 0.6) is 0 Å². The zero-order valence-corrected chi connectivity index (χ0v) is 33.6. The third-order valence-electron chi connectivity index (χ3n) is 10.4. The van der Waals surface area contributed by atoms with Crippen LogP contribution >= 0.6 is 18.3 Å². The number of hydrogen-bond acceptors (Lipinski definition) is 2. The van der Waals surface area contributed by atoms with E-state index in [9.17, 15) is 0 Å². The number of rotatable bonds is 8. The molecule has 0 saturated heterocycles. The molecule has 0 aliphatic carbocycles. The molecule has 0 unspecified atom stereocenters. The van der Waals surface area contributed by atoms with Crippen molar-refractivity contribution in [3.8, 4) is 0 Å². The van der Waals surface area contributed by atoms with Gasteiger partial charge in [-0.05, 0) is 166 Å². The molecule has 0 amide bonds. The van der Waals surface area contributed by atoms with E-state index in [1.165, 1.54) is 53.5 Å². The molecule has 0 aliphatic rings. The van der Waals surface area contributed by atoms with Crippen LogP contribution in [-0.4, -0.2) is 50.0 Å². The Labute approximate surface area is 310 Å². The van der Waals surface area contributed by atoms with Gasteiger partial charge >= 0.3 is 0 Å². The second-order valence-corrected chi connectivity index (χ2v) is 33.5. The fourth-order valence-corrected chi connectivity index (χ4v) is 10.2. The summed E-state index contributed by atoms with van der Waals surface area (Å²) in [6, 6.07) is 58.7. The maximum Gasteiger partial charge on any atom is 0.0540 e. The van der Waals surface area contributed by atoms with Crippen molar-refractivity contribution in [3.63, 3.8) is 0 Å². The predicted molar refractivity (Wildman–Crippen MR) is 241 cm³/mol. The summed E-state index contributed by atoms with van der Waals surface area (Å²) in [5.74, 6) is 0. The van der Waals surface area contributed by atoms with E-state index in [2.05, 4.69) is 218 Å². The Morgan fingerprint density at radius 1 is 0.308 bits per heavy atom. The lowest BCUT2D eigenvalue weighted by Gasteiger charge is -2.47. The first-order valence-corrected chi connectivity index (χ1v) is 26.3. The maximum atomic E-state index is 2.43. The summed E-state index contributed by atoms with van der Waals surface area (Å²) >= 11 is 0. The van der Waals surface area contributed by atoms with E-state index in [1.807, 2.05) is 0 Å². The number of thiol groups is 2. The summed E-state index contributed by atoms with van der Waals surface area (Å²) in [6.45, 7) is 0. The second-order valence-electron chi connectivity index (χ2n) is 18.1. The van der Waals surface area contributed by atoms with Gasteiger partial charge in [-0.1, -0.05) is 72.8 Å². The first kappa shape index (κ1) is 34.2. The van der Waals surface area contributed by atoms with Gasteiger partial charge in [-0.3, -0.25) is 18.3 Å². The Morgan fingerprint density at radius 3 is 0.942 bits per heavy atom. The first-order chi connectivity index (χ1) is 24.6. The molecule has 8 aromatic rings. The van der Waals surface area contributed by atoms with Gasteiger partial charge in [0.2, 0.25) is 0 Å². The van der Waals surface area contributed by atoms with Crippen LogP contribution in [0.25, 0.3) is 32.3 Å². The van der Waals surface area contributed by atoms with Crippen LogP contribution in [0, 0.1) is 0 Å². The largest absolute Gasteiger partial charge is 0.310 e. The minimum atomic E-state index is -1.91. The summed E-state index contributed by atoms with van der Waals surface area (Å²) in [6.07, 6.45) is 19.4. The van der Waals surface area contributed by atoms with Gasteiger partial charge in [0, 0.05) is 33.5 Å². The van der Waals surface area contributed by atoms with Crippen molar-refractivity contribution in [1.29, 1.82) is 0 Å². The van der Waals surface area contributed by atoms with Crippen LogP contribution < -0.4 is 9.80 Å². The van der Waals surface area contributed by atoms with Crippen LogP contribution in [-0.2, 0) is 0 Å². The molecule has 8 rings (SSSR count). The molecular formula is C48H52N2S2. The van der Waals surface area contributed by atoms with E-state index >= 15 is 0 Å². The molecule has 0 saturated carbocycles. The molecule has 0 heterocycles. The van der Waals surface area contributed by atoms with Crippen molar-refractivity contribution >= 4 is 84.8 Å². The smallest absolute Gasteiger partial charge is 0.0540 e. The molecular weight excluding hydrogens is 669 g/mol. The standard InChI is InChI=1S/C48H52N2S2/c1-51(2,3,4)41-27-23-39(24-28-41)49(37-15-11-9-12-16-37)45-33-21-35-20-32-44-46(34-22-36-19-31-43(45)47(35)48(36)44)50(38-17-13-10-14-18-38)40-25-29-42(30-26-40)52(5,6,7)8/h9-34,51-52H,1-8H3. The summed E-state index contributed by atoms with van der Waals surface area (Å²) in [4.78, 5) is 7.74. The van der Waals surface area contributed by atoms with Gasteiger partial charge in [-0.25, -0.2) is 0 Å². The van der Waals surface area contributed by atoms with Gasteiger partial charge in [-0.2, -0.15) is 0 Å². The molecule has 8 aromatic carbocycles. The lowest BCUT2D eigenvalue weighted by molar-refractivity contribution is 1.27. The van der Waals surface area contributed by atoms with Crippen molar-refractivity contribution in [2.24, 2.45) is 0 Å². The highest BCUT2D eigenvalue weighted by molar-refractivity contribution is 8.48. The highest BCUT2D eigenvalue weighted by atomic mass is 32.3. The van der Waals surface area contributed by atoms with E-state index in [0.717, 1.165) is 22.7 Å². The van der Waals surface area contributed by atoms with E-state index in [0.29, 0.717) is 0 Å². The van der Waals surface area contributed by atoms with Crippen molar-refractivity contribution in [2.45, 2.75) is 9.79 Å². The zero-order chi connectivity index (χ0) is 36.5. The third kappa shape index (κ3) is 6.18. The molecule has 0 spiro atoms. The number of para-hydroxylation sites is 2. The predicted octanol–water partition coefficient (Wildman–Crippen LogP) is 13.4. The monoisotopic (exact) mass is 720 g/mol. The van der Waals surface area contributed by atoms with Crippen molar-refractivity contribution < 1.29 is 0 Å². The minimum absolute atomic E-state index is 1.15. The molecule has 0 N–H and O–H groups in total. The fraction of sp³-hybridized carbons (Fsp3) is 0.167. The van der Waals surface area contributed by atoms with Crippen molar-refractivity contribution in [2.75, 3.05) is 59.8 Å². The number of nitrogens with zero attached hydrogens (tertiary/aromatic N) is 2. The van der Waals surface area contributed by atoms with Crippen LogP contribution in [0.1, 0.15) is 0 Å². The fourth-order valence-electron chi connectivity index (χ4n) is 7.56. The van der Waals surface area contributed by atoms with Gasteiger partial charge in [0.1, 0.15) is 0 Å². The van der Waals surface area contributed by atoms with Crippen LogP contribution in [0.4, 0.5) is 34.1 Å². The molecule has 0 atom stereocenters. The van der Waals surface area contributed by atoms with Crippen LogP contribution in [0.3, 0.4) is 0 Å².